The lowest BCUT2D eigenvalue weighted by Gasteiger charge is -2.31. The maximum Gasteiger partial charge on any atom is 0.241 e. The van der Waals surface area contributed by atoms with Crippen LogP contribution < -0.4 is 16.0 Å². The Labute approximate surface area is 227 Å². The van der Waals surface area contributed by atoms with E-state index >= 15 is 0 Å². The normalized spacial score (nSPS) is 20.7. The van der Waals surface area contributed by atoms with Crippen LogP contribution in [0.1, 0.15) is 75.6 Å². The quantitative estimate of drug-likeness (QED) is 0.342. The second kappa shape index (κ2) is 9.27. The maximum absolute atomic E-state index is 12.9. The molecule has 1 aliphatic heterocycles. The molecule has 3 aliphatic rings. The highest BCUT2D eigenvalue weighted by molar-refractivity contribution is 5.96. The molecular weight excluding hydrogens is 466 g/mol. The summed E-state index contributed by atoms with van der Waals surface area (Å²) in [6, 6.07) is 17.5. The molecule has 0 aromatic heterocycles. The molecule has 3 aromatic rings. The molecule has 198 valence electrons. The number of rotatable bonds is 5. The van der Waals surface area contributed by atoms with Crippen molar-refractivity contribution < 1.29 is 4.79 Å². The molecule has 0 spiro atoms. The Morgan fingerprint density at radius 2 is 1.39 bits per heavy atom. The number of nitrogens with one attached hydrogen (secondary N) is 3. The number of hydrogen-bond donors (Lipinski definition) is 3. The number of anilines is 2. The van der Waals surface area contributed by atoms with Gasteiger partial charge in [0.25, 0.3) is 0 Å². The Kier molecular flexibility index (Phi) is 6.14. The van der Waals surface area contributed by atoms with Crippen molar-refractivity contribution in [3.05, 3.63) is 70.8 Å². The zero-order valence-electron chi connectivity index (χ0n) is 23.6. The van der Waals surface area contributed by atoms with E-state index in [1.807, 2.05) is 13.1 Å². The Bertz CT molecular complexity index is 1410. The molecule has 0 saturated carbocycles. The average Bonchev–Trinajstić information content (AvgIpc) is 3.62. The van der Waals surface area contributed by atoms with Gasteiger partial charge in [-0.1, -0.05) is 52.0 Å². The van der Waals surface area contributed by atoms with Crippen LogP contribution in [-0.4, -0.2) is 25.5 Å². The van der Waals surface area contributed by atoms with Crippen molar-refractivity contribution in [3.63, 3.8) is 0 Å². The summed E-state index contributed by atoms with van der Waals surface area (Å²) in [5, 5.41) is 9.88. The number of hydrogen-bond acceptors (Lipinski definition) is 3. The lowest BCUT2D eigenvalue weighted by atomic mass is 9.73. The topological polar surface area (TPSA) is 53.2 Å². The third kappa shape index (κ3) is 4.14. The molecule has 4 nitrogen and oxygen atoms in total. The van der Waals surface area contributed by atoms with Crippen LogP contribution in [-0.2, 0) is 28.5 Å². The van der Waals surface area contributed by atoms with Gasteiger partial charge >= 0.3 is 0 Å². The first-order valence-corrected chi connectivity index (χ1v) is 14.4. The second-order valence-electron chi connectivity index (χ2n) is 12.8. The van der Waals surface area contributed by atoms with E-state index in [0.29, 0.717) is 0 Å². The molecule has 1 saturated heterocycles. The molecule has 0 radical (unpaired) electrons. The van der Waals surface area contributed by atoms with Crippen molar-refractivity contribution in [1.29, 1.82) is 0 Å². The maximum atomic E-state index is 12.9. The van der Waals surface area contributed by atoms with E-state index in [4.69, 9.17) is 0 Å². The van der Waals surface area contributed by atoms with E-state index in [-0.39, 0.29) is 22.8 Å². The van der Waals surface area contributed by atoms with E-state index in [1.165, 1.54) is 44.5 Å². The van der Waals surface area contributed by atoms with Crippen molar-refractivity contribution in [2.75, 3.05) is 24.2 Å². The molecule has 1 unspecified atom stereocenters. The van der Waals surface area contributed by atoms with Gasteiger partial charge in [0.05, 0.1) is 6.04 Å². The molecular formula is C34H41N3O. The summed E-state index contributed by atoms with van der Waals surface area (Å²) < 4.78 is 0. The van der Waals surface area contributed by atoms with E-state index in [1.54, 1.807) is 0 Å². The Balaban J connectivity index is 1.56. The van der Waals surface area contributed by atoms with Crippen molar-refractivity contribution >= 4 is 17.3 Å². The third-order valence-corrected chi connectivity index (χ3v) is 9.30. The second-order valence-corrected chi connectivity index (χ2v) is 12.8. The summed E-state index contributed by atoms with van der Waals surface area (Å²) >= 11 is 0. The number of amides is 1. The highest BCUT2D eigenvalue weighted by atomic mass is 16.2. The van der Waals surface area contributed by atoms with Gasteiger partial charge in [-0.05, 0) is 125 Å². The zero-order chi connectivity index (χ0) is 26.7. The van der Waals surface area contributed by atoms with Crippen LogP contribution in [0.15, 0.2) is 48.5 Å². The summed E-state index contributed by atoms with van der Waals surface area (Å²) in [4.78, 5) is 12.9. The lowest BCUT2D eigenvalue weighted by molar-refractivity contribution is -0.117. The minimum Gasteiger partial charge on any atom is -0.388 e. The van der Waals surface area contributed by atoms with Crippen molar-refractivity contribution in [1.82, 2.24) is 5.32 Å². The van der Waals surface area contributed by atoms with E-state index < -0.39 is 0 Å². The summed E-state index contributed by atoms with van der Waals surface area (Å²) in [6.07, 6.45) is 6.46. The van der Waals surface area contributed by atoms with Gasteiger partial charge in [0.2, 0.25) is 5.91 Å². The Morgan fingerprint density at radius 1 is 0.842 bits per heavy atom. The summed E-state index contributed by atoms with van der Waals surface area (Å²) in [5.41, 5.74) is 13.8. The Hall–Kier alpha value is -3.11. The molecule has 1 heterocycles. The van der Waals surface area contributed by atoms with Crippen molar-refractivity contribution in [3.8, 4) is 22.3 Å². The van der Waals surface area contributed by atoms with Gasteiger partial charge in [0, 0.05) is 18.4 Å². The SMILES string of the molecule is CNc1cccc(-c2c3c(c(-c4cccc(NC(=O)C5CCCN5)c4)c4c2C(C)(C)CC4)C(C)(C)CC3)c1. The molecule has 6 rings (SSSR count). The monoisotopic (exact) mass is 507 g/mol. The smallest absolute Gasteiger partial charge is 0.241 e. The first-order valence-electron chi connectivity index (χ1n) is 14.4. The number of carbonyl (C=O) groups excluding carboxylic acids is 1. The molecule has 3 N–H and O–H groups in total. The highest BCUT2D eigenvalue weighted by Crippen LogP contribution is 2.56. The van der Waals surface area contributed by atoms with Crippen LogP contribution >= 0.6 is 0 Å². The number of benzene rings is 3. The Morgan fingerprint density at radius 3 is 1.92 bits per heavy atom. The van der Waals surface area contributed by atoms with Gasteiger partial charge in [-0.15, -0.1) is 0 Å². The van der Waals surface area contributed by atoms with Crippen LogP contribution in [0.2, 0.25) is 0 Å². The molecule has 1 fully saturated rings. The van der Waals surface area contributed by atoms with E-state index in [0.717, 1.165) is 56.4 Å². The minimum absolute atomic E-state index is 0.0799. The molecule has 4 heteroatoms. The zero-order valence-corrected chi connectivity index (χ0v) is 23.6. The van der Waals surface area contributed by atoms with Gasteiger partial charge in [0.1, 0.15) is 0 Å². The van der Waals surface area contributed by atoms with Crippen LogP contribution in [0, 0.1) is 0 Å². The predicted octanol–water partition coefficient (Wildman–Crippen LogP) is 7.20. The fourth-order valence-electron chi connectivity index (χ4n) is 7.33. The van der Waals surface area contributed by atoms with E-state index in [2.05, 4.69) is 86.1 Å². The van der Waals surface area contributed by atoms with Gasteiger partial charge in [-0.25, -0.2) is 0 Å². The first kappa shape index (κ1) is 25.2. The number of fused-ring (bicyclic) bond motifs is 2. The van der Waals surface area contributed by atoms with Crippen molar-refractivity contribution in [2.24, 2.45) is 0 Å². The predicted molar refractivity (Wildman–Crippen MR) is 159 cm³/mol. The summed E-state index contributed by atoms with van der Waals surface area (Å²) in [5.74, 6) is 0.0799. The van der Waals surface area contributed by atoms with Crippen LogP contribution in [0.3, 0.4) is 0 Å². The van der Waals surface area contributed by atoms with Crippen LogP contribution in [0.25, 0.3) is 22.3 Å². The molecule has 0 bridgehead atoms. The third-order valence-electron chi connectivity index (χ3n) is 9.30. The molecule has 2 aliphatic carbocycles. The fourth-order valence-corrected chi connectivity index (χ4v) is 7.33. The van der Waals surface area contributed by atoms with Crippen LogP contribution in [0.4, 0.5) is 11.4 Å². The number of carbonyl (C=O) groups is 1. The van der Waals surface area contributed by atoms with Crippen LogP contribution in [0.5, 0.6) is 0 Å². The molecule has 1 atom stereocenters. The largest absolute Gasteiger partial charge is 0.388 e. The average molecular weight is 508 g/mol. The molecule has 3 aromatic carbocycles. The standard InChI is InChI=1S/C34H41N3O/c1-33(2)17-15-26-29(22-10-7-12-24(20-22)37-32(38)27-13-8-18-36-27)31-25(14-16-34(31,3)4)28(30(26)33)21-9-6-11-23(19-21)35-5/h6-7,9-12,19-20,27,35-36H,8,13-18H2,1-5H3,(H,37,38). The van der Waals surface area contributed by atoms with E-state index in [9.17, 15) is 4.79 Å². The summed E-state index contributed by atoms with van der Waals surface area (Å²) in [6.45, 7) is 10.6. The van der Waals surface area contributed by atoms with Crippen molar-refractivity contribution in [2.45, 2.75) is 83.1 Å². The highest BCUT2D eigenvalue weighted by Gasteiger charge is 2.43. The molecule has 38 heavy (non-hydrogen) atoms. The van der Waals surface area contributed by atoms with Gasteiger partial charge in [-0.2, -0.15) is 0 Å². The fraction of sp³-hybridized carbons (Fsp3) is 0.441. The lowest BCUT2D eigenvalue weighted by Crippen LogP contribution is -2.35. The van der Waals surface area contributed by atoms with Gasteiger partial charge < -0.3 is 16.0 Å². The summed E-state index contributed by atoms with van der Waals surface area (Å²) in [7, 11) is 2.00. The van der Waals surface area contributed by atoms with Gasteiger partial charge in [-0.3, -0.25) is 4.79 Å². The first-order chi connectivity index (χ1) is 18.2. The minimum atomic E-state index is -0.0838. The molecule has 1 amide bonds. The van der Waals surface area contributed by atoms with Gasteiger partial charge in [0.15, 0.2) is 0 Å².